The smallest absolute Gasteiger partial charge is 0.182 e. The molecular formula is C13H6Cl2F2N2S. The first kappa shape index (κ1) is 13.5. The summed E-state index contributed by atoms with van der Waals surface area (Å²) in [6.07, 6.45) is 0. The quantitative estimate of drug-likeness (QED) is 0.602. The maximum absolute atomic E-state index is 13.7. The van der Waals surface area contributed by atoms with Crippen LogP contribution in [-0.4, -0.2) is 9.55 Å². The number of halogens is 4. The van der Waals surface area contributed by atoms with Crippen LogP contribution >= 0.6 is 35.4 Å². The third-order valence-corrected chi connectivity index (χ3v) is 3.73. The van der Waals surface area contributed by atoms with E-state index in [0.29, 0.717) is 11.2 Å². The molecule has 0 aliphatic carbocycles. The van der Waals surface area contributed by atoms with Gasteiger partial charge in [0.2, 0.25) is 0 Å². The Bertz CT molecular complexity index is 863. The van der Waals surface area contributed by atoms with Crippen LogP contribution in [0.5, 0.6) is 0 Å². The standard InChI is InChI=1S/C13H6Cl2F2N2S/c14-7-4-6(16)5-8(15)12(7)19-10-3-1-2-9(17)11(10)18-13(19)20/h1-5H,(H,18,20). The van der Waals surface area contributed by atoms with E-state index in [-0.39, 0.29) is 20.3 Å². The summed E-state index contributed by atoms with van der Waals surface area (Å²) in [5, 5.41) is 0.188. The molecule has 0 saturated carbocycles. The predicted molar refractivity (Wildman–Crippen MR) is 78.4 cm³/mol. The van der Waals surface area contributed by atoms with Crippen molar-refractivity contribution >= 4 is 46.5 Å². The Morgan fingerprint density at radius 2 is 1.75 bits per heavy atom. The van der Waals surface area contributed by atoms with E-state index in [1.54, 1.807) is 12.1 Å². The van der Waals surface area contributed by atoms with Crippen molar-refractivity contribution in [3.05, 3.63) is 56.8 Å². The molecular weight excluding hydrogens is 325 g/mol. The van der Waals surface area contributed by atoms with Crippen molar-refractivity contribution in [3.63, 3.8) is 0 Å². The highest BCUT2D eigenvalue weighted by atomic mass is 35.5. The number of imidazole rings is 1. The summed E-state index contributed by atoms with van der Waals surface area (Å²) in [5.74, 6) is -0.997. The number of aromatic amines is 1. The molecule has 0 saturated heterocycles. The number of nitrogens with one attached hydrogen (secondary N) is 1. The lowest BCUT2D eigenvalue weighted by atomic mass is 10.2. The SMILES string of the molecule is Fc1cc(Cl)c(-n2c(=S)[nH]c3c(F)cccc32)c(Cl)c1. The molecule has 0 fully saturated rings. The molecule has 3 aromatic rings. The zero-order valence-electron chi connectivity index (χ0n) is 9.75. The number of H-pyrrole nitrogens is 1. The first-order valence-electron chi connectivity index (χ1n) is 5.53. The molecule has 0 aliphatic rings. The number of rotatable bonds is 1. The fraction of sp³-hybridized carbons (Fsp3) is 0. The molecule has 0 radical (unpaired) electrons. The van der Waals surface area contributed by atoms with E-state index in [2.05, 4.69) is 4.98 Å². The summed E-state index contributed by atoms with van der Waals surface area (Å²) >= 11 is 17.3. The largest absolute Gasteiger partial charge is 0.328 e. The normalized spacial score (nSPS) is 11.2. The van der Waals surface area contributed by atoms with Gasteiger partial charge in [0, 0.05) is 0 Å². The predicted octanol–water partition coefficient (Wildman–Crippen LogP) is 5.27. The van der Waals surface area contributed by atoms with Gasteiger partial charge in [-0.05, 0) is 36.5 Å². The van der Waals surface area contributed by atoms with Crippen molar-refractivity contribution in [1.29, 1.82) is 0 Å². The number of benzene rings is 2. The van der Waals surface area contributed by atoms with Gasteiger partial charge in [0.25, 0.3) is 0 Å². The van der Waals surface area contributed by atoms with Gasteiger partial charge in [0.1, 0.15) is 17.2 Å². The second kappa shape index (κ2) is 4.84. The van der Waals surface area contributed by atoms with E-state index in [0.717, 1.165) is 12.1 Å². The molecule has 7 heteroatoms. The number of para-hydroxylation sites is 1. The average molecular weight is 331 g/mol. The highest BCUT2D eigenvalue weighted by Gasteiger charge is 2.16. The third-order valence-electron chi connectivity index (χ3n) is 2.87. The van der Waals surface area contributed by atoms with Crippen molar-refractivity contribution in [2.75, 3.05) is 0 Å². The van der Waals surface area contributed by atoms with Gasteiger partial charge in [-0.3, -0.25) is 4.57 Å². The third kappa shape index (κ3) is 2.02. The van der Waals surface area contributed by atoms with Crippen molar-refractivity contribution < 1.29 is 8.78 Å². The van der Waals surface area contributed by atoms with E-state index in [4.69, 9.17) is 35.4 Å². The summed E-state index contributed by atoms with van der Waals surface area (Å²) in [5.41, 5.74) is 1.04. The van der Waals surface area contributed by atoms with E-state index in [9.17, 15) is 8.78 Å². The molecule has 1 aromatic heterocycles. The molecule has 0 spiro atoms. The van der Waals surface area contributed by atoms with Gasteiger partial charge < -0.3 is 4.98 Å². The van der Waals surface area contributed by atoms with Gasteiger partial charge in [-0.25, -0.2) is 8.78 Å². The maximum atomic E-state index is 13.7. The van der Waals surface area contributed by atoms with Crippen LogP contribution in [0.15, 0.2) is 30.3 Å². The van der Waals surface area contributed by atoms with Crippen molar-refractivity contribution in [2.45, 2.75) is 0 Å². The topological polar surface area (TPSA) is 20.7 Å². The molecule has 3 rings (SSSR count). The summed E-state index contributed by atoms with van der Waals surface area (Å²) < 4.78 is 28.7. The molecule has 0 amide bonds. The molecule has 0 unspecified atom stereocenters. The minimum Gasteiger partial charge on any atom is -0.328 e. The molecule has 20 heavy (non-hydrogen) atoms. The number of hydrogen-bond acceptors (Lipinski definition) is 1. The van der Waals surface area contributed by atoms with Crippen molar-refractivity contribution in [2.24, 2.45) is 0 Å². The molecule has 0 atom stereocenters. The number of nitrogens with zero attached hydrogens (tertiary/aromatic N) is 1. The summed E-state index contributed by atoms with van der Waals surface area (Å²) in [6.45, 7) is 0. The van der Waals surface area contributed by atoms with E-state index in [1.807, 2.05) is 0 Å². The van der Waals surface area contributed by atoms with Crippen LogP contribution in [-0.2, 0) is 0 Å². The van der Waals surface area contributed by atoms with Gasteiger partial charge in [-0.1, -0.05) is 29.3 Å². The Morgan fingerprint density at radius 1 is 1.10 bits per heavy atom. The van der Waals surface area contributed by atoms with Crippen LogP contribution in [0.1, 0.15) is 0 Å². The summed E-state index contributed by atoms with van der Waals surface area (Å²) in [6, 6.07) is 6.78. The zero-order valence-corrected chi connectivity index (χ0v) is 12.1. The van der Waals surface area contributed by atoms with Crippen LogP contribution in [0.2, 0.25) is 10.0 Å². The first-order chi connectivity index (χ1) is 9.49. The van der Waals surface area contributed by atoms with E-state index < -0.39 is 11.6 Å². The fourth-order valence-corrected chi connectivity index (χ4v) is 2.99. The lowest BCUT2D eigenvalue weighted by molar-refractivity contribution is 0.627. The Morgan fingerprint density at radius 3 is 2.40 bits per heavy atom. The Kier molecular flexibility index (Phi) is 3.28. The molecule has 102 valence electrons. The fourth-order valence-electron chi connectivity index (χ4n) is 2.07. The van der Waals surface area contributed by atoms with Gasteiger partial charge >= 0.3 is 0 Å². The van der Waals surface area contributed by atoms with E-state index in [1.165, 1.54) is 10.6 Å². The van der Waals surface area contributed by atoms with Gasteiger partial charge in [-0.15, -0.1) is 0 Å². The first-order valence-corrected chi connectivity index (χ1v) is 6.69. The lowest BCUT2D eigenvalue weighted by Crippen LogP contribution is -1.97. The monoisotopic (exact) mass is 330 g/mol. The molecule has 2 aromatic carbocycles. The summed E-state index contributed by atoms with van der Waals surface area (Å²) in [7, 11) is 0. The highest BCUT2D eigenvalue weighted by Crippen LogP contribution is 2.33. The molecule has 0 bridgehead atoms. The van der Waals surface area contributed by atoms with Crippen LogP contribution in [0, 0.1) is 16.4 Å². The van der Waals surface area contributed by atoms with Crippen LogP contribution in [0.25, 0.3) is 16.7 Å². The van der Waals surface area contributed by atoms with Gasteiger partial charge in [-0.2, -0.15) is 0 Å². The van der Waals surface area contributed by atoms with Crippen molar-refractivity contribution in [1.82, 2.24) is 9.55 Å². The molecule has 1 N–H and O–H groups in total. The van der Waals surface area contributed by atoms with E-state index >= 15 is 0 Å². The van der Waals surface area contributed by atoms with Crippen molar-refractivity contribution in [3.8, 4) is 5.69 Å². The Hall–Kier alpha value is -1.43. The second-order valence-electron chi connectivity index (χ2n) is 4.12. The van der Waals surface area contributed by atoms with Crippen LogP contribution < -0.4 is 0 Å². The minimum absolute atomic E-state index is 0.0938. The summed E-state index contributed by atoms with van der Waals surface area (Å²) in [4.78, 5) is 2.75. The average Bonchev–Trinajstić information content (AvgIpc) is 2.67. The highest BCUT2D eigenvalue weighted by molar-refractivity contribution is 7.71. The Labute approximate surface area is 127 Å². The molecule has 1 heterocycles. The minimum atomic E-state index is -0.554. The zero-order chi connectivity index (χ0) is 14.4. The lowest BCUT2D eigenvalue weighted by Gasteiger charge is -2.09. The van der Waals surface area contributed by atoms with Gasteiger partial charge in [0.05, 0.1) is 21.2 Å². The number of hydrogen-bond donors (Lipinski definition) is 1. The Balaban J connectivity index is 2.45. The molecule has 2 nitrogen and oxygen atoms in total. The number of fused-ring (bicyclic) bond motifs is 1. The maximum Gasteiger partial charge on any atom is 0.182 e. The van der Waals surface area contributed by atoms with Gasteiger partial charge in [0.15, 0.2) is 4.77 Å². The van der Waals surface area contributed by atoms with Crippen LogP contribution in [0.4, 0.5) is 8.78 Å². The molecule has 0 aliphatic heterocycles. The van der Waals surface area contributed by atoms with Crippen LogP contribution in [0.3, 0.4) is 0 Å². The second-order valence-corrected chi connectivity index (χ2v) is 5.32. The number of aromatic nitrogens is 2.